The van der Waals surface area contributed by atoms with Gasteiger partial charge in [0.2, 0.25) is 5.91 Å². The number of hydrogen-bond donors (Lipinski definition) is 1. The molecule has 3 aliphatic rings. The van der Waals surface area contributed by atoms with Gasteiger partial charge in [-0.3, -0.25) is 9.59 Å². The maximum Gasteiger partial charge on any atom is 0.254 e. The lowest BCUT2D eigenvalue weighted by molar-refractivity contribution is -0.127. The van der Waals surface area contributed by atoms with Crippen LogP contribution in [0.5, 0.6) is 0 Å². The van der Waals surface area contributed by atoms with Crippen LogP contribution in [0, 0.1) is 5.92 Å². The van der Waals surface area contributed by atoms with Crippen molar-refractivity contribution in [2.24, 2.45) is 10.9 Å². The van der Waals surface area contributed by atoms with Crippen molar-refractivity contribution in [3.05, 3.63) is 57.2 Å². The van der Waals surface area contributed by atoms with Crippen LogP contribution in [0.15, 0.2) is 51.6 Å². The first kappa shape index (κ1) is 22.9. The molecule has 32 heavy (non-hydrogen) atoms. The predicted molar refractivity (Wildman–Crippen MR) is 130 cm³/mol. The Morgan fingerprint density at radius 2 is 1.97 bits per heavy atom. The first-order valence-corrected chi connectivity index (χ1v) is 12.4. The van der Waals surface area contributed by atoms with Crippen LogP contribution in [0.25, 0.3) is 0 Å². The number of nitrogens with one attached hydrogen (secondary N) is 1. The number of fused-ring (bicyclic) bond motifs is 1. The fourth-order valence-electron chi connectivity index (χ4n) is 4.12. The lowest BCUT2D eigenvalue weighted by atomic mass is 9.92. The molecule has 0 saturated heterocycles. The van der Waals surface area contributed by atoms with Gasteiger partial charge in [-0.25, -0.2) is 4.99 Å². The van der Waals surface area contributed by atoms with E-state index >= 15 is 0 Å². The topological polar surface area (TPSA) is 65.0 Å². The molecule has 8 heteroatoms. The fraction of sp³-hybridized carbons (Fsp3) is 0.458. The van der Waals surface area contributed by atoms with Gasteiger partial charge in [0.1, 0.15) is 0 Å². The minimum absolute atomic E-state index is 0.00852. The van der Waals surface area contributed by atoms with Crippen molar-refractivity contribution >= 4 is 40.3 Å². The highest BCUT2D eigenvalue weighted by Gasteiger charge is 2.42. The van der Waals surface area contributed by atoms with E-state index in [0.29, 0.717) is 35.3 Å². The average Bonchev–Trinajstić information content (AvgIpc) is 3.53. The molecular weight excluding hydrogens is 444 g/mol. The Labute approximate surface area is 198 Å². The van der Waals surface area contributed by atoms with Crippen LogP contribution < -0.4 is 5.32 Å². The SMILES string of the molecule is CCN(CC)C(=O)C1=C(C)N=C2SC=C(CC(=O)NCC3CC3)N2C1c1ccccc1Cl. The third-order valence-corrected chi connectivity index (χ3v) is 7.34. The number of thioether (sulfide) groups is 1. The summed E-state index contributed by atoms with van der Waals surface area (Å²) < 4.78 is 0. The molecule has 1 atom stereocenters. The summed E-state index contributed by atoms with van der Waals surface area (Å²) in [5, 5.41) is 6.37. The van der Waals surface area contributed by atoms with E-state index in [1.807, 2.05) is 55.3 Å². The number of carbonyl (C=O) groups excluding carboxylic acids is 2. The molecule has 0 radical (unpaired) electrons. The second-order valence-electron chi connectivity index (χ2n) is 8.32. The molecule has 0 spiro atoms. The summed E-state index contributed by atoms with van der Waals surface area (Å²) in [6.07, 6.45) is 2.62. The van der Waals surface area contributed by atoms with Gasteiger partial charge in [0.15, 0.2) is 5.17 Å². The number of hydrogen-bond acceptors (Lipinski definition) is 5. The maximum atomic E-state index is 13.6. The van der Waals surface area contributed by atoms with Crippen LogP contribution >= 0.6 is 23.4 Å². The van der Waals surface area contributed by atoms with E-state index in [1.165, 1.54) is 24.6 Å². The van der Waals surface area contributed by atoms with Gasteiger partial charge in [-0.1, -0.05) is 41.6 Å². The van der Waals surface area contributed by atoms with Gasteiger partial charge >= 0.3 is 0 Å². The number of benzene rings is 1. The summed E-state index contributed by atoms with van der Waals surface area (Å²) in [6, 6.07) is 7.17. The zero-order chi connectivity index (χ0) is 22.8. The quantitative estimate of drug-likeness (QED) is 0.595. The van der Waals surface area contributed by atoms with Gasteiger partial charge in [-0.15, -0.1) is 0 Å². The normalized spacial score (nSPS) is 20.0. The molecule has 1 fully saturated rings. The molecule has 1 aromatic carbocycles. The van der Waals surface area contributed by atoms with E-state index < -0.39 is 6.04 Å². The highest BCUT2D eigenvalue weighted by Crippen LogP contribution is 2.46. The van der Waals surface area contributed by atoms with Gasteiger partial charge in [0, 0.05) is 30.4 Å². The van der Waals surface area contributed by atoms with Gasteiger partial charge in [0.05, 0.1) is 23.7 Å². The predicted octanol–water partition coefficient (Wildman–Crippen LogP) is 4.70. The average molecular weight is 473 g/mol. The number of halogens is 1. The third-order valence-electron chi connectivity index (χ3n) is 6.11. The van der Waals surface area contributed by atoms with Crippen molar-refractivity contribution in [3.8, 4) is 0 Å². The van der Waals surface area contributed by atoms with Gasteiger partial charge < -0.3 is 15.1 Å². The molecule has 6 nitrogen and oxygen atoms in total. The fourth-order valence-corrected chi connectivity index (χ4v) is 5.33. The van der Waals surface area contributed by atoms with Crippen molar-refractivity contribution in [2.75, 3.05) is 19.6 Å². The number of amides is 2. The van der Waals surface area contributed by atoms with E-state index in [0.717, 1.165) is 23.0 Å². The molecule has 1 unspecified atom stereocenters. The van der Waals surface area contributed by atoms with Crippen molar-refractivity contribution < 1.29 is 9.59 Å². The Bertz CT molecular complexity index is 1010. The Morgan fingerprint density at radius 1 is 1.25 bits per heavy atom. The van der Waals surface area contributed by atoms with Gasteiger partial charge in [0.25, 0.3) is 5.91 Å². The minimum atomic E-state index is -0.429. The molecule has 0 bridgehead atoms. The number of allylic oxidation sites excluding steroid dienone is 1. The molecule has 2 amide bonds. The first-order valence-electron chi connectivity index (χ1n) is 11.2. The molecule has 1 N–H and O–H groups in total. The second kappa shape index (κ2) is 9.71. The van der Waals surface area contributed by atoms with Crippen molar-refractivity contribution in [2.45, 2.75) is 46.1 Å². The zero-order valence-electron chi connectivity index (χ0n) is 18.7. The number of nitrogens with zero attached hydrogens (tertiary/aromatic N) is 3. The van der Waals surface area contributed by atoms with E-state index in [2.05, 4.69) is 5.32 Å². The largest absolute Gasteiger partial charge is 0.355 e. The summed E-state index contributed by atoms with van der Waals surface area (Å²) in [6.45, 7) is 7.78. The summed E-state index contributed by atoms with van der Waals surface area (Å²) in [5.74, 6) is 0.568. The Morgan fingerprint density at radius 3 is 2.62 bits per heavy atom. The third kappa shape index (κ3) is 4.59. The summed E-state index contributed by atoms with van der Waals surface area (Å²) in [7, 11) is 0. The molecule has 4 rings (SSSR count). The Balaban J connectivity index is 1.70. The van der Waals surface area contributed by atoms with E-state index in [-0.39, 0.29) is 18.2 Å². The molecule has 170 valence electrons. The number of aliphatic imine (C=N–C) groups is 1. The lowest BCUT2D eigenvalue weighted by Crippen LogP contribution is -2.42. The lowest BCUT2D eigenvalue weighted by Gasteiger charge is -2.38. The van der Waals surface area contributed by atoms with E-state index in [1.54, 1.807) is 4.90 Å². The minimum Gasteiger partial charge on any atom is -0.355 e. The molecule has 0 aromatic heterocycles. The van der Waals surface area contributed by atoms with Crippen molar-refractivity contribution in [1.82, 2.24) is 15.1 Å². The number of amidine groups is 1. The number of likely N-dealkylation sites (N-methyl/N-ethyl adjacent to an activating group) is 1. The molecular formula is C24H29ClN4O2S. The van der Waals surface area contributed by atoms with E-state index in [4.69, 9.17) is 16.6 Å². The summed E-state index contributed by atoms with van der Waals surface area (Å²) in [4.78, 5) is 34.8. The van der Waals surface area contributed by atoms with E-state index in [9.17, 15) is 9.59 Å². The smallest absolute Gasteiger partial charge is 0.254 e. The monoisotopic (exact) mass is 472 g/mol. The van der Waals surface area contributed by atoms with Crippen molar-refractivity contribution in [3.63, 3.8) is 0 Å². The number of rotatable bonds is 8. The highest BCUT2D eigenvalue weighted by atomic mass is 35.5. The molecule has 1 aromatic rings. The Hall–Kier alpha value is -2.25. The van der Waals surface area contributed by atoms with Crippen LogP contribution in [-0.2, 0) is 9.59 Å². The van der Waals surface area contributed by atoms with Crippen LogP contribution in [0.4, 0.5) is 0 Å². The van der Waals surface area contributed by atoms with Crippen molar-refractivity contribution in [1.29, 1.82) is 0 Å². The van der Waals surface area contributed by atoms with Crippen LogP contribution in [0.1, 0.15) is 51.6 Å². The standard InChI is InChI=1S/C24H29ClN4O2S/c1-4-28(5-2)23(31)21-15(3)27-24-29(22(21)18-8-6-7-9-19(18)25)17(14-32-24)12-20(30)26-13-16-10-11-16/h6-9,14,16,22H,4-5,10-13H2,1-3H3,(H,26,30). The maximum absolute atomic E-state index is 13.6. The molecule has 2 heterocycles. The van der Waals surface area contributed by atoms with Gasteiger partial charge in [-0.2, -0.15) is 0 Å². The molecule has 1 saturated carbocycles. The van der Waals surface area contributed by atoms with Crippen LogP contribution in [-0.4, -0.2) is 46.4 Å². The molecule has 2 aliphatic heterocycles. The second-order valence-corrected chi connectivity index (χ2v) is 9.56. The summed E-state index contributed by atoms with van der Waals surface area (Å²) >= 11 is 8.12. The zero-order valence-corrected chi connectivity index (χ0v) is 20.3. The Kier molecular flexibility index (Phi) is 6.96. The summed E-state index contributed by atoms with van der Waals surface area (Å²) in [5.41, 5.74) is 2.98. The van der Waals surface area contributed by atoms with Crippen LogP contribution in [0.3, 0.4) is 0 Å². The number of carbonyl (C=O) groups is 2. The molecule has 1 aliphatic carbocycles. The first-order chi connectivity index (χ1) is 15.4. The van der Waals surface area contributed by atoms with Gasteiger partial charge in [-0.05, 0) is 56.6 Å². The highest BCUT2D eigenvalue weighted by molar-refractivity contribution is 8.16. The van der Waals surface area contributed by atoms with Crippen LogP contribution in [0.2, 0.25) is 5.02 Å².